The van der Waals surface area contributed by atoms with Gasteiger partial charge in [-0.15, -0.1) is 0 Å². The lowest BCUT2D eigenvalue weighted by Crippen LogP contribution is -2.34. The molecule has 1 unspecified atom stereocenters. The number of anilines is 2. The Morgan fingerprint density at radius 2 is 2.21 bits per heavy atom. The van der Waals surface area contributed by atoms with Crippen LogP contribution in [0.5, 0.6) is 5.75 Å². The predicted molar refractivity (Wildman–Crippen MR) is 75.7 cm³/mol. The average Bonchev–Trinajstić information content (AvgIpc) is 2.36. The fourth-order valence-electron chi connectivity index (χ4n) is 1.95. The molecule has 0 aromatic heterocycles. The van der Waals surface area contributed by atoms with Gasteiger partial charge in [0, 0.05) is 30.1 Å². The first kappa shape index (κ1) is 14.0. The minimum atomic E-state index is 0.0876. The van der Waals surface area contributed by atoms with Crippen molar-refractivity contribution in [1.29, 1.82) is 0 Å². The molecule has 1 fully saturated rings. The second-order valence-corrected chi connectivity index (χ2v) is 4.91. The summed E-state index contributed by atoms with van der Waals surface area (Å²) in [5.74, 6) is 0.776. The number of hydrogen-bond acceptors (Lipinski definition) is 5. The van der Waals surface area contributed by atoms with Crippen LogP contribution in [0.1, 0.15) is 13.8 Å². The molecule has 1 atom stereocenters. The number of nitrogen functional groups attached to an aromatic ring is 1. The van der Waals surface area contributed by atoms with Gasteiger partial charge >= 0.3 is 0 Å². The second kappa shape index (κ2) is 6.63. The van der Waals surface area contributed by atoms with Gasteiger partial charge in [0.25, 0.3) is 0 Å². The zero-order valence-electron chi connectivity index (χ0n) is 11.5. The van der Waals surface area contributed by atoms with Gasteiger partial charge in [0.15, 0.2) is 0 Å². The maximum absolute atomic E-state index is 5.87. The summed E-state index contributed by atoms with van der Waals surface area (Å²) in [7, 11) is 0. The highest BCUT2D eigenvalue weighted by Gasteiger charge is 2.14. The third kappa shape index (κ3) is 4.61. The zero-order valence-corrected chi connectivity index (χ0v) is 11.5. The molecule has 5 heteroatoms. The van der Waals surface area contributed by atoms with Crippen molar-refractivity contribution in [3.8, 4) is 5.75 Å². The molecule has 1 aliphatic heterocycles. The summed E-state index contributed by atoms with van der Waals surface area (Å²) in [6.07, 6.45) is 0.217. The zero-order chi connectivity index (χ0) is 13.7. The van der Waals surface area contributed by atoms with Crippen molar-refractivity contribution in [3.63, 3.8) is 0 Å². The van der Waals surface area contributed by atoms with Crippen molar-refractivity contribution in [2.45, 2.75) is 26.1 Å². The highest BCUT2D eigenvalue weighted by Crippen LogP contribution is 2.23. The van der Waals surface area contributed by atoms with E-state index in [0.29, 0.717) is 32.1 Å². The van der Waals surface area contributed by atoms with Crippen molar-refractivity contribution < 1.29 is 14.2 Å². The van der Waals surface area contributed by atoms with Crippen LogP contribution in [0.3, 0.4) is 0 Å². The lowest BCUT2D eigenvalue weighted by Gasteiger charge is -2.23. The topological polar surface area (TPSA) is 65.7 Å². The molecule has 2 rings (SSSR count). The van der Waals surface area contributed by atoms with Gasteiger partial charge < -0.3 is 25.3 Å². The van der Waals surface area contributed by atoms with Gasteiger partial charge in [-0.25, -0.2) is 0 Å². The number of nitrogens with two attached hydrogens (primary N) is 1. The van der Waals surface area contributed by atoms with E-state index in [1.165, 1.54) is 0 Å². The van der Waals surface area contributed by atoms with Gasteiger partial charge in [-0.05, 0) is 19.9 Å². The molecule has 1 aromatic rings. The Bertz CT molecular complexity index is 404. The lowest BCUT2D eigenvalue weighted by molar-refractivity contribution is -0.0818. The Hall–Kier alpha value is -1.46. The molecule has 3 N–H and O–H groups in total. The maximum atomic E-state index is 5.87. The van der Waals surface area contributed by atoms with Gasteiger partial charge in [0.2, 0.25) is 0 Å². The fourth-order valence-corrected chi connectivity index (χ4v) is 1.95. The summed E-state index contributed by atoms with van der Waals surface area (Å²) in [5.41, 5.74) is 7.48. The molecule has 0 saturated carbocycles. The molecule has 0 bridgehead atoms. The second-order valence-electron chi connectivity index (χ2n) is 4.91. The lowest BCUT2D eigenvalue weighted by atomic mass is 10.2. The van der Waals surface area contributed by atoms with Crippen LogP contribution in [0, 0.1) is 0 Å². The molecule has 1 heterocycles. The summed E-state index contributed by atoms with van der Waals surface area (Å²) in [5, 5.41) is 3.30. The molecule has 0 radical (unpaired) electrons. The third-order valence-electron chi connectivity index (χ3n) is 2.72. The smallest absolute Gasteiger partial charge is 0.123 e. The minimum Gasteiger partial charge on any atom is -0.491 e. The van der Waals surface area contributed by atoms with E-state index in [1.54, 1.807) is 0 Å². The molecule has 0 spiro atoms. The Balaban J connectivity index is 1.93. The standard InChI is InChI=1S/C14H22N2O3/c1-10(2)19-13-6-11(15)5-12(7-13)16-8-14-9-17-3-4-18-14/h5-7,10,14,16H,3-4,8-9,15H2,1-2H3. The van der Waals surface area contributed by atoms with Crippen molar-refractivity contribution in [2.75, 3.05) is 37.4 Å². The molecular weight excluding hydrogens is 244 g/mol. The first-order chi connectivity index (χ1) is 9.13. The van der Waals surface area contributed by atoms with Crippen LogP contribution in [-0.4, -0.2) is 38.6 Å². The van der Waals surface area contributed by atoms with Crippen LogP contribution in [0.15, 0.2) is 18.2 Å². The Kier molecular flexibility index (Phi) is 4.87. The van der Waals surface area contributed by atoms with E-state index in [1.807, 2.05) is 32.0 Å². The SMILES string of the molecule is CC(C)Oc1cc(N)cc(NCC2COCCO2)c1. The van der Waals surface area contributed by atoms with Gasteiger partial charge in [0.05, 0.1) is 32.0 Å². The summed E-state index contributed by atoms with van der Waals surface area (Å²) in [6.45, 7) is 6.65. The van der Waals surface area contributed by atoms with Crippen LogP contribution in [0.2, 0.25) is 0 Å². The van der Waals surface area contributed by atoms with Gasteiger partial charge in [0.1, 0.15) is 5.75 Å². The van der Waals surface area contributed by atoms with Crippen molar-refractivity contribution >= 4 is 11.4 Å². The van der Waals surface area contributed by atoms with Crippen LogP contribution < -0.4 is 15.8 Å². The number of benzene rings is 1. The number of ether oxygens (including phenoxy) is 3. The molecular formula is C14H22N2O3. The highest BCUT2D eigenvalue weighted by molar-refractivity contribution is 5.59. The van der Waals surface area contributed by atoms with E-state index in [2.05, 4.69) is 5.32 Å². The number of hydrogen-bond donors (Lipinski definition) is 2. The van der Waals surface area contributed by atoms with Gasteiger partial charge in [-0.1, -0.05) is 0 Å². The molecule has 1 aliphatic rings. The molecule has 5 nitrogen and oxygen atoms in total. The van der Waals surface area contributed by atoms with E-state index in [0.717, 1.165) is 11.4 Å². The molecule has 0 amide bonds. The highest BCUT2D eigenvalue weighted by atomic mass is 16.6. The first-order valence-electron chi connectivity index (χ1n) is 6.64. The monoisotopic (exact) mass is 266 g/mol. The van der Waals surface area contributed by atoms with Gasteiger partial charge in [-0.2, -0.15) is 0 Å². The van der Waals surface area contributed by atoms with E-state index >= 15 is 0 Å². The summed E-state index contributed by atoms with van der Waals surface area (Å²) >= 11 is 0. The van der Waals surface area contributed by atoms with Crippen molar-refractivity contribution in [3.05, 3.63) is 18.2 Å². The summed E-state index contributed by atoms with van der Waals surface area (Å²) in [4.78, 5) is 0. The normalized spacial score (nSPS) is 19.4. The summed E-state index contributed by atoms with van der Waals surface area (Å²) in [6, 6.07) is 5.66. The average molecular weight is 266 g/mol. The van der Waals surface area contributed by atoms with Crippen LogP contribution in [0.25, 0.3) is 0 Å². The Morgan fingerprint density at radius 3 is 2.89 bits per heavy atom. The van der Waals surface area contributed by atoms with E-state index in [9.17, 15) is 0 Å². The van der Waals surface area contributed by atoms with Crippen molar-refractivity contribution in [1.82, 2.24) is 0 Å². The Morgan fingerprint density at radius 1 is 1.37 bits per heavy atom. The number of rotatable bonds is 5. The predicted octanol–water partition coefficient (Wildman–Crippen LogP) is 1.88. The summed E-state index contributed by atoms with van der Waals surface area (Å²) < 4.78 is 16.6. The molecule has 0 aliphatic carbocycles. The Labute approximate surface area is 114 Å². The molecule has 1 aromatic carbocycles. The van der Waals surface area contributed by atoms with Crippen LogP contribution in [0.4, 0.5) is 11.4 Å². The van der Waals surface area contributed by atoms with Crippen LogP contribution in [-0.2, 0) is 9.47 Å². The van der Waals surface area contributed by atoms with Crippen LogP contribution >= 0.6 is 0 Å². The third-order valence-corrected chi connectivity index (χ3v) is 2.72. The molecule has 1 saturated heterocycles. The van der Waals surface area contributed by atoms with E-state index in [-0.39, 0.29) is 12.2 Å². The molecule has 19 heavy (non-hydrogen) atoms. The number of nitrogens with one attached hydrogen (secondary N) is 1. The van der Waals surface area contributed by atoms with Gasteiger partial charge in [-0.3, -0.25) is 0 Å². The maximum Gasteiger partial charge on any atom is 0.123 e. The van der Waals surface area contributed by atoms with Crippen molar-refractivity contribution in [2.24, 2.45) is 0 Å². The molecule has 106 valence electrons. The quantitative estimate of drug-likeness (QED) is 0.797. The first-order valence-corrected chi connectivity index (χ1v) is 6.64. The van der Waals surface area contributed by atoms with E-state index in [4.69, 9.17) is 19.9 Å². The van der Waals surface area contributed by atoms with E-state index < -0.39 is 0 Å². The fraction of sp³-hybridized carbons (Fsp3) is 0.571. The largest absolute Gasteiger partial charge is 0.491 e. The minimum absolute atomic E-state index is 0.0876.